The summed E-state index contributed by atoms with van der Waals surface area (Å²) in [7, 11) is 1.93. The van der Waals surface area contributed by atoms with Gasteiger partial charge in [0.05, 0.1) is 12.1 Å². The number of halogens is 1. The lowest BCUT2D eigenvalue weighted by Gasteiger charge is -2.42. The van der Waals surface area contributed by atoms with Gasteiger partial charge in [-0.05, 0) is 24.0 Å². The van der Waals surface area contributed by atoms with E-state index < -0.39 is 0 Å². The van der Waals surface area contributed by atoms with Gasteiger partial charge in [0.2, 0.25) is 5.91 Å². The number of aryl methyl sites for hydroxylation is 1. The third kappa shape index (κ3) is 3.90. The number of amides is 1. The molecule has 2 aliphatic heterocycles. The van der Waals surface area contributed by atoms with Crippen LogP contribution in [-0.2, 0) is 17.3 Å². The van der Waals surface area contributed by atoms with Crippen LogP contribution in [0.1, 0.15) is 36.8 Å². The van der Waals surface area contributed by atoms with Gasteiger partial charge in [0.15, 0.2) is 0 Å². The van der Waals surface area contributed by atoms with Crippen molar-refractivity contribution in [2.24, 2.45) is 13.0 Å². The molecule has 2 saturated heterocycles. The highest BCUT2D eigenvalue weighted by Gasteiger charge is 2.41. The number of aromatic nitrogens is 2. The summed E-state index contributed by atoms with van der Waals surface area (Å²) in [6.07, 6.45) is 6.15. The molecule has 1 aromatic heterocycles. The molecule has 3 atom stereocenters. The fourth-order valence-electron chi connectivity index (χ4n) is 4.66. The van der Waals surface area contributed by atoms with E-state index in [4.69, 9.17) is 0 Å². The van der Waals surface area contributed by atoms with Crippen LogP contribution in [-0.4, -0.2) is 46.8 Å². The van der Waals surface area contributed by atoms with Gasteiger partial charge < -0.3 is 10.2 Å². The lowest BCUT2D eigenvalue weighted by molar-refractivity contribution is -0.137. The van der Waals surface area contributed by atoms with Crippen LogP contribution in [0.3, 0.4) is 0 Å². The number of piperidine rings is 1. The molecule has 2 aliphatic rings. The van der Waals surface area contributed by atoms with Crippen molar-refractivity contribution in [3.05, 3.63) is 53.9 Å². The van der Waals surface area contributed by atoms with Crippen molar-refractivity contribution in [2.75, 3.05) is 26.2 Å². The Hall–Kier alpha value is -1.85. The molecule has 1 amide bonds. The van der Waals surface area contributed by atoms with Crippen molar-refractivity contribution in [2.45, 2.75) is 31.1 Å². The molecule has 2 aromatic rings. The lowest BCUT2D eigenvalue weighted by Crippen LogP contribution is -2.49. The Morgan fingerprint density at radius 1 is 1.26 bits per heavy atom. The second kappa shape index (κ2) is 8.03. The highest BCUT2D eigenvalue weighted by Crippen LogP contribution is 2.36. The van der Waals surface area contributed by atoms with Gasteiger partial charge in [0.1, 0.15) is 0 Å². The van der Waals surface area contributed by atoms with Gasteiger partial charge in [-0.1, -0.05) is 37.3 Å². The molecule has 0 radical (unpaired) electrons. The summed E-state index contributed by atoms with van der Waals surface area (Å²) >= 11 is 0. The number of likely N-dealkylation sites (tertiary alicyclic amines) is 1. The van der Waals surface area contributed by atoms with Crippen LogP contribution in [0.2, 0.25) is 0 Å². The number of hydrogen-bond acceptors (Lipinski definition) is 3. The lowest BCUT2D eigenvalue weighted by atomic mass is 9.75. The number of carbonyl (C=O) groups is 1. The molecule has 6 heteroatoms. The van der Waals surface area contributed by atoms with Crippen molar-refractivity contribution >= 4 is 18.3 Å². The summed E-state index contributed by atoms with van der Waals surface area (Å²) < 4.78 is 1.82. The number of rotatable bonds is 3. The third-order valence-corrected chi connectivity index (χ3v) is 6.16. The molecule has 1 aromatic carbocycles. The van der Waals surface area contributed by atoms with E-state index in [-0.39, 0.29) is 29.7 Å². The molecule has 0 saturated carbocycles. The fourth-order valence-corrected chi connectivity index (χ4v) is 4.66. The minimum Gasteiger partial charge on any atom is -0.342 e. The Labute approximate surface area is 167 Å². The summed E-state index contributed by atoms with van der Waals surface area (Å²) in [5.41, 5.74) is 2.55. The quantitative estimate of drug-likeness (QED) is 0.879. The van der Waals surface area contributed by atoms with Crippen LogP contribution in [0.4, 0.5) is 0 Å². The average Bonchev–Trinajstić information content (AvgIpc) is 3.30. The van der Waals surface area contributed by atoms with Gasteiger partial charge in [-0.15, -0.1) is 12.4 Å². The standard InChI is InChI=1S/C21H28N4O.ClH/c1-21(17-7-4-3-5-8-17)9-6-10-25(15-21)20(26)19-13-22-12-18(19)16-11-23-24(2)14-16;/h3-5,7-8,11,14,18-19,22H,6,9-10,12-13,15H2,1-2H3;1H/t18-,19+,21?;/m1./s1. The Balaban J connectivity index is 0.00000210. The van der Waals surface area contributed by atoms with Crippen LogP contribution in [0.15, 0.2) is 42.7 Å². The highest BCUT2D eigenvalue weighted by molar-refractivity contribution is 5.85. The first-order valence-corrected chi connectivity index (χ1v) is 9.60. The van der Waals surface area contributed by atoms with E-state index in [0.717, 1.165) is 39.0 Å². The van der Waals surface area contributed by atoms with Crippen LogP contribution in [0.25, 0.3) is 0 Å². The smallest absolute Gasteiger partial charge is 0.227 e. The van der Waals surface area contributed by atoms with Crippen molar-refractivity contribution < 1.29 is 4.79 Å². The van der Waals surface area contributed by atoms with Gasteiger partial charge in [-0.2, -0.15) is 5.10 Å². The van der Waals surface area contributed by atoms with E-state index in [1.165, 1.54) is 11.1 Å². The largest absolute Gasteiger partial charge is 0.342 e. The van der Waals surface area contributed by atoms with E-state index in [9.17, 15) is 4.79 Å². The molecular formula is C21H29ClN4O. The normalized spacial score (nSPS) is 28.0. The van der Waals surface area contributed by atoms with Crippen LogP contribution < -0.4 is 5.32 Å². The van der Waals surface area contributed by atoms with Crippen LogP contribution >= 0.6 is 12.4 Å². The molecule has 1 N–H and O–H groups in total. The number of nitrogens with zero attached hydrogens (tertiary/aromatic N) is 3. The maximum atomic E-state index is 13.4. The van der Waals surface area contributed by atoms with Crippen LogP contribution in [0, 0.1) is 5.92 Å². The summed E-state index contributed by atoms with van der Waals surface area (Å²) in [4.78, 5) is 15.5. The third-order valence-electron chi connectivity index (χ3n) is 6.16. The fraction of sp³-hybridized carbons (Fsp3) is 0.524. The van der Waals surface area contributed by atoms with Gasteiger partial charge >= 0.3 is 0 Å². The molecule has 3 heterocycles. The highest BCUT2D eigenvalue weighted by atomic mass is 35.5. The van der Waals surface area contributed by atoms with Crippen molar-refractivity contribution in [3.63, 3.8) is 0 Å². The van der Waals surface area contributed by atoms with Crippen LogP contribution in [0.5, 0.6) is 0 Å². The van der Waals surface area contributed by atoms with Gasteiger partial charge in [0, 0.05) is 50.8 Å². The molecule has 0 spiro atoms. The summed E-state index contributed by atoms with van der Waals surface area (Å²) in [6, 6.07) is 10.6. The zero-order valence-corrected chi connectivity index (χ0v) is 16.9. The molecule has 4 rings (SSSR count). The molecule has 27 heavy (non-hydrogen) atoms. The number of carbonyl (C=O) groups excluding carboxylic acids is 1. The predicted octanol–water partition coefficient (Wildman–Crippen LogP) is 2.73. The van der Waals surface area contributed by atoms with Gasteiger partial charge in [0.25, 0.3) is 0 Å². The van der Waals surface area contributed by atoms with E-state index in [0.29, 0.717) is 5.91 Å². The summed E-state index contributed by atoms with van der Waals surface area (Å²) in [5, 5.41) is 7.71. The second-order valence-corrected chi connectivity index (χ2v) is 8.11. The molecule has 0 bridgehead atoms. The first kappa shape index (κ1) is 19.9. The first-order valence-electron chi connectivity index (χ1n) is 9.60. The minimum atomic E-state index is 0. The molecule has 2 fully saturated rings. The Kier molecular flexibility index (Phi) is 5.92. The monoisotopic (exact) mass is 388 g/mol. The summed E-state index contributed by atoms with van der Waals surface area (Å²) in [5.74, 6) is 0.532. The zero-order chi connectivity index (χ0) is 18.1. The number of nitrogens with one attached hydrogen (secondary N) is 1. The molecule has 5 nitrogen and oxygen atoms in total. The number of benzene rings is 1. The minimum absolute atomic E-state index is 0. The Morgan fingerprint density at radius 3 is 2.74 bits per heavy atom. The topological polar surface area (TPSA) is 50.2 Å². The van der Waals surface area contributed by atoms with E-state index >= 15 is 0 Å². The SMILES string of the molecule is Cl.Cn1cc([C@H]2CNC[C@@H]2C(=O)N2CCCC(C)(c3ccccc3)C2)cn1. The van der Waals surface area contributed by atoms with Crippen molar-refractivity contribution in [3.8, 4) is 0 Å². The molecule has 0 aliphatic carbocycles. The maximum Gasteiger partial charge on any atom is 0.227 e. The summed E-state index contributed by atoms with van der Waals surface area (Å²) in [6.45, 7) is 5.60. The van der Waals surface area contributed by atoms with E-state index in [1.54, 1.807) is 0 Å². The van der Waals surface area contributed by atoms with E-state index in [1.807, 2.05) is 24.1 Å². The molecule has 1 unspecified atom stereocenters. The maximum absolute atomic E-state index is 13.4. The molecular weight excluding hydrogens is 360 g/mol. The van der Waals surface area contributed by atoms with Crippen molar-refractivity contribution in [1.29, 1.82) is 0 Å². The van der Waals surface area contributed by atoms with Gasteiger partial charge in [-0.3, -0.25) is 9.48 Å². The van der Waals surface area contributed by atoms with Crippen molar-refractivity contribution in [1.82, 2.24) is 20.0 Å². The Bertz CT molecular complexity index is 777. The second-order valence-electron chi connectivity index (χ2n) is 8.11. The first-order chi connectivity index (χ1) is 12.6. The predicted molar refractivity (Wildman–Crippen MR) is 109 cm³/mol. The van der Waals surface area contributed by atoms with E-state index in [2.05, 4.69) is 52.6 Å². The number of hydrogen-bond donors (Lipinski definition) is 1. The van der Waals surface area contributed by atoms with Gasteiger partial charge in [-0.25, -0.2) is 0 Å². The molecule has 146 valence electrons. The Morgan fingerprint density at radius 2 is 2.04 bits per heavy atom. The average molecular weight is 389 g/mol. The zero-order valence-electron chi connectivity index (χ0n) is 16.1.